The standard InChI is InChI=1S/C10H12BrNO.ClH/c11-7-3-4-9(13)8(5-7)10(12)6-1-2-6;/h3-6,10,13H,1-2,12H2;1H/t10-;/m1./s1. The van der Waals surface area contributed by atoms with Gasteiger partial charge in [0.15, 0.2) is 0 Å². The minimum atomic E-state index is -0.00231. The topological polar surface area (TPSA) is 46.2 Å². The Kier molecular flexibility index (Phi) is 3.81. The van der Waals surface area contributed by atoms with E-state index in [2.05, 4.69) is 15.9 Å². The Morgan fingerprint density at radius 3 is 2.64 bits per heavy atom. The number of hydrogen-bond donors (Lipinski definition) is 2. The normalized spacial score (nSPS) is 17.3. The van der Waals surface area contributed by atoms with Crippen molar-refractivity contribution in [2.75, 3.05) is 0 Å². The molecular formula is C10H13BrClNO. The lowest BCUT2D eigenvalue weighted by Gasteiger charge is -2.12. The lowest BCUT2D eigenvalue weighted by Crippen LogP contribution is -2.12. The first-order valence-corrected chi connectivity index (χ1v) is 5.22. The average molecular weight is 279 g/mol. The molecule has 0 saturated heterocycles. The predicted octanol–water partition coefficient (Wildman–Crippen LogP) is 2.99. The Morgan fingerprint density at radius 2 is 2.07 bits per heavy atom. The molecule has 78 valence electrons. The van der Waals surface area contributed by atoms with Crippen LogP contribution in [0.4, 0.5) is 0 Å². The molecule has 0 bridgehead atoms. The van der Waals surface area contributed by atoms with E-state index in [1.54, 1.807) is 6.07 Å². The van der Waals surface area contributed by atoms with Crippen molar-refractivity contribution in [3.63, 3.8) is 0 Å². The minimum Gasteiger partial charge on any atom is -0.508 e. The maximum atomic E-state index is 9.58. The molecule has 3 N–H and O–H groups in total. The first-order valence-electron chi connectivity index (χ1n) is 4.42. The van der Waals surface area contributed by atoms with Crippen molar-refractivity contribution in [1.82, 2.24) is 0 Å². The highest BCUT2D eigenvalue weighted by Crippen LogP contribution is 2.42. The monoisotopic (exact) mass is 277 g/mol. The second kappa shape index (κ2) is 4.51. The third-order valence-electron chi connectivity index (χ3n) is 2.48. The van der Waals surface area contributed by atoms with Crippen molar-refractivity contribution in [1.29, 1.82) is 0 Å². The van der Waals surface area contributed by atoms with E-state index in [9.17, 15) is 5.11 Å². The molecule has 1 aromatic carbocycles. The molecule has 0 aliphatic heterocycles. The zero-order chi connectivity index (χ0) is 9.42. The summed E-state index contributed by atoms with van der Waals surface area (Å²) in [7, 11) is 0. The van der Waals surface area contributed by atoms with Crippen LogP contribution < -0.4 is 5.73 Å². The van der Waals surface area contributed by atoms with E-state index in [1.165, 1.54) is 12.8 Å². The van der Waals surface area contributed by atoms with E-state index < -0.39 is 0 Å². The maximum absolute atomic E-state index is 9.58. The van der Waals surface area contributed by atoms with Crippen LogP contribution in [0, 0.1) is 5.92 Å². The highest BCUT2D eigenvalue weighted by Gasteiger charge is 2.30. The lowest BCUT2D eigenvalue weighted by atomic mass is 10.0. The van der Waals surface area contributed by atoms with E-state index in [1.807, 2.05) is 12.1 Å². The molecule has 1 aliphatic carbocycles. The van der Waals surface area contributed by atoms with Crippen LogP contribution in [0.2, 0.25) is 0 Å². The van der Waals surface area contributed by atoms with Gasteiger partial charge in [0, 0.05) is 16.1 Å². The molecule has 0 heterocycles. The van der Waals surface area contributed by atoms with Crippen LogP contribution in [-0.4, -0.2) is 5.11 Å². The molecule has 1 atom stereocenters. The number of aromatic hydroxyl groups is 1. The molecule has 0 spiro atoms. The molecule has 0 radical (unpaired) electrons. The molecule has 2 nitrogen and oxygen atoms in total. The Balaban J connectivity index is 0.000000980. The zero-order valence-electron chi connectivity index (χ0n) is 7.61. The van der Waals surface area contributed by atoms with Gasteiger partial charge in [0.25, 0.3) is 0 Å². The van der Waals surface area contributed by atoms with Crippen molar-refractivity contribution in [3.8, 4) is 5.75 Å². The molecule has 0 aromatic heterocycles. The van der Waals surface area contributed by atoms with Gasteiger partial charge in [0.1, 0.15) is 5.75 Å². The second-order valence-corrected chi connectivity index (χ2v) is 4.48. The molecule has 2 rings (SSSR count). The summed E-state index contributed by atoms with van der Waals surface area (Å²) in [4.78, 5) is 0. The van der Waals surface area contributed by atoms with Crippen LogP contribution in [0.25, 0.3) is 0 Å². The second-order valence-electron chi connectivity index (χ2n) is 3.57. The van der Waals surface area contributed by atoms with E-state index >= 15 is 0 Å². The van der Waals surface area contributed by atoms with E-state index in [-0.39, 0.29) is 18.4 Å². The number of halogens is 2. The summed E-state index contributed by atoms with van der Waals surface area (Å²) in [5, 5.41) is 9.58. The Hall–Kier alpha value is -0.250. The minimum absolute atomic E-state index is 0. The summed E-state index contributed by atoms with van der Waals surface area (Å²) < 4.78 is 0.969. The SMILES string of the molecule is Cl.N[C@@H](c1cc(Br)ccc1O)C1CC1. The summed E-state index contributed by atoms with van der Waals surface area (Å²) in [5.74, 6) is 0.878. The van der Waals surface area contributed by atoms with Gasteiger partial charge in [-0.1, -0.05) is 15.9 Å². The van der Waals surface area contributed by atoms with Crippen LogP contribution in [0.1, 0.15) is 24.4 Å². The Morgan fingerprint density at radius 1 is 1.43 bits per heavy atom. The van der Waals surface area contributed by atoms with Crippen LogP contribution in [-0.2, 0) is 0 Å². The van der Waals surface area contributed by atoms with Crippen LogP contribution in [0.3, 0.4) is 0 Å². The van der Waals surface area contributed by atoms with Crippen LogP contribution >= 0.6 is 28.3 Å². The van der Waals surface area contributed by atoms with Crippen molar-refractivity contribution >= 4 is 28.3 Å². The number of rotatable bonds is 2. The van der Waals surface area contributed by atoms with E-state index in [0.717, 1.165) is 10.0 Å². The molecule has 4 heteroatoms. The van der Waals surface area contributed by atoms with Gasteiger partial charge in [0.2, 0.25) is 0 Å². The molecule has 1 saturated carbocycles. The number of nitrogens with two attached hydrogens (primary N) is 1. The number of hydrogen-bond acceptors (Lipinski definition) is 2. The van der Waals surface area contributed by atoms with Gasteiger partial charge in [0.05, 0.1) is 0 Å². The molecule has 14 heavy (non-hydrogen) atoms. The molecule has 0 unspecified atom stereocenters. The number of benzene rings is 1. The smallest absolute Gasteiger partial charge is 0.120 e. The number of phenols is 1. The quantitative estimate of drug-likeness (QED) is 0.873. The van der Waals surface area contributed by atoms with Crippen molar-refractivity contribution < 1.29 is 5.11 Å². The van der Waals surface area contributed by atoms with Crippen LogP contribution in [0.5, 0.6) is 5.75 Å². The fourth-order valence-electron chi connectivity index (χ4n) is 1.50. The average Bonchev–Trinajstić information content (AvgIpc) is 2.91. The van der Waals surface area contributed by atoms with Gasteiger partial charge in [-0.2, -0.15) is 0 Å². The van der Waals surface area contributed by atoms with Gasteiger partial charge in [-0.25, -0.2) is 0 Å². The number of phenolic OH excluding ortho intramolecular Hbond substituents is 1. The molecule has 1 aliphatic rings. The Labute approximate surface area is 98.0 Å². The molecule has 0 amide bonds. The summed E-state index contributed by atoms with van der Waals surface area (Å²) in [6.07, 6.45) is 2.38. The van der Waals surface area contributed by atoms with E-state index in [4.69, 9.17) is 5.73 Å². The van der Waals surface area contributed by atoms with E-state index in [0.29, 0.717) is 11.7 Å². The van der Waals surface area contributed by atoms with Gasteiger partial charge >= 0.3 is 0 Å². The largest absolute Gasteiger partial charge is 0.508 e. The molecule has 1 fully saturated rings. The van der Waals surface area contributed by atoms with Crippen molar-refractivity contribution in [3.05, 3.63) is 28.2 Å². The highest BCUT2D eigenvalue weighted by atomic mass is 79.9. The molecule has 1 aromatic rings. The summed E-state index contributed by atoms with van der Waals surface area (Å²) in [6.45, 7) is 0. The summed E-state index contributed by atoms with van der Waals surface area (Å²) >= 11 is 3.37. The molecular weight excluding hydrogens is 265 g/mol. The maximum Gasteiger partial charge on any atom is 0.120 e. The highest BCUT2D eigenvalue weighted by molar-refractivity contribution is 9.10. The van der Waals surface area contributed by atoms with Crippen molar-refractivity contribution in [2.45, 2.75) is 18.9 Å². The predicted molar refractivity (Wildman–Crippen MR) is 62.7 cm³/mol. The van der Waals surface area contributed by atoms with Gasteiger partial charge in [-0.05, 0) is 37.0 Å². The fourth-order valence-corrected chi connectivity index (χ4v) is 1.88. The zero-order valence-corrected chi connectivity index (χ0v) is 10.0. The third-order valence-corrected chi connectivity index (χ3v) is 2.97. The van der Waals surface area contributed by atoms with Crippen LogP contribution in [0.15, 0.2) is 22.7 Å². The first-order chi connectivity index (χ1) is 6.18. The van der Waals surface area contributed by atoms with Gasteiger partial charge < -0.3 is 10.8 Å². The van der Waals surface area contributed by atoms with Crippen molar-refractivity contribution in [2.24, 2.45) is 11.7 Å². The third kappa shape index (κ3) is 2.41. The Bertz CT molecular complexity index is 328. The van der Waals surface area contributed by atoms with Gasteiger partial charge in [-0.3, -0.25) is 0 Å². The van der Waals surface area contributed by atoms with Gasteiger partial charge in [-0.15, -0.1) is 12.4 Å². The lowest BCUT2D eigenvalue weighted by molar-refractivity contribution is 0.456. The fraction of sp³-hybridized carbons (Fsp3) is 0.400. The summed E-state index contributed by atoms with van der Waals surface area (Å²) in [6, 6.07) is 5.40. The first kappa shape index (κ1) is 11.8. The summed E-state index contributed by atoms with van der Waals surface area (Å²) in [5.41, 5.74) is 6.85.